The van der Waals surface area contributed by atoms with E-state index in [1.54, 1.807) is 24.3 Å². The van der Waals surface area contributed by atoms with Gasteiger partial charge in [0.15, 0.2) is 4.80 Å². The first-order valence-electron chi connectivity index (χ1n) is 8.81. The summed E-state index contributed by atoms with van der Waals surface area (Å²) >= 11 is 1.50. The minimum atomic E-state index is -0.278. The highest BCUT2D eigenvalue weighted by molar-refractivity contribution is 7.16. The summed E-state index contributed by atoms with van der Waals surface area (Å²) in [6.45, 7) is 4.11. The maximum atomic E-state index is 12.6. The van der Waals surface area contributed by atoms with Crippen LogP contribution in [-0.2, 0) is 13.7 Å². The lowest BCUT2D eigenvalue weighted by Gasteiger charge is -2.06. The molecule has 2 aromatic carbocycles. The minimum Gasteiger partial charge on any atom is -0.489 e. The van der Waals surface area contributed by atoms with Crippen LogP contribution in [0.3, 0.4) is 0 Å². The van der Waals surface area contributed by atoms with E-state index in [1.165, 1.54) is 11.3 Å². The van der Waals surface area contributed by atoms with Crippen molar-refractivity contribution in [3.05, 3.63) is 75.9 Å². The lowest BCUT2D eigenvalue weighted by molar-refractivity contribution is 0.0998. The number of aryl methyl sites for hydroxylation is 3. The van der Waals surface area contributed by atoms with E-state index in [4.69, 9.17) is 9.26 Å². The van der Waals surface area contributed by atoms with Crippen LogP contribution in [-0.4, -0.2) is 15.6 Å². The molecular weight excluding hydrogens is 374 g/mol. The second kappa shape index (κ2) is 7.44. The first kappa shape index (κ1) is 18.2. The number of thiazole rings is 1. The summed E-state index contributed by atoms with van der Waals surface area (Å²) < 4.78 is 13.9. The third kappa shape index (κ3) is 3.48. The molecule has 0 unspecified atom stereocenters. The highest BCUT2D eigenvalue weighted by Crippen LogP contribution is 2.19. The van der Waals surface area contributed by atoms with Crippen LogP contribution in [0.25, 0.3) is 10.2 Å². The molecule has 2 aromatic heterocycles. The molecule has 1 amide bonds. The maximum Gasteiger partial charge on any atom is 0.279 e. The van der Waals surface area contributed by atoms with Crippen molar-refractivity contribution >= 4 is 27.5 Å². The molecule has 4 aromatic rings. The molecule has 0 aliphatic carbocycles. The Morgan fingerprint density at radius 2 is 1.93 bits per heavy atom. The number of aromatic nitrogens is 2. The van der Waals surface area contributed by atoms with Gasteiger partial charge >= 0.3 is 0 Å². The molecule has 6 nitrogen and oxygen atoms in total. The Morgan fingerprint density at radius 1 is 1.18 bits per heavy atom. The number of carbonyl (C=O) groups excluding carboxylic acids is 1. The van der Waals surface area contributed by atoms with E-state index in [2.05, 4.69) is 10.1 Å². The molecule has 0 radical (unpaired) electrons. The molecule has 4 rings (SSSR count). The van der Waals surface area contributed by atoms with Gasteiger partial charge in [0.2, 0.25) is 0 Å². The zero-order chi connectivity index (χ0) is 19.7. The van der Waals surface area contributed by atoms with Gasteiger partial charge in [-0.2, -0.15) is 4.99 Å². The van der Waals surface area contributed by atoms with E-state index in [0.29, 0.717) is 22.7 Å². The summed E-state index contributed by atoms with van der Waals surface area (Å²) in [6.07, 6.45) is 0. The molecular formula is C21H19N3O3S. The quantitative estimate of drug-likeness (QED) is 0.522. The lowest BCUT2D eigenvalue weighted by atomic mass is 10.2. The van der Waals surface area contributed by atoms with Crippen LogP contribution < -0.4 is 9.54 Å². The van der Waals surface area contributed by atoms with E-state index < -0.39 is 0 Å². The zero-order valence-electron chi connectivity index (χ0n) is 15.8. The van der Waals surface area contributed by atoms with Gasteiger partial charge in [0.05, 0.1) is 21.5 Å². The third-order valence-corrected chi connectivity index (χ3v) is 5.69. The van der Waals surface area contributed by atoms with Crippen LogP contribution in [0.15, 0.2) is 58.0 Å². The van der Waals surface area contributed by atoms with E-state index in [0.717, 1.165) is 27.2 Å². The van der Waals surface area contributed by atoms with Crippen LogP contribution in [0.5, 0.6) is 5.75 Å². The lowest BCUT2D eigenvalue weighted by Crippen LogP contribution is -2.13. The second-order valence-electron chi connectivity index (χ2n) is 6.44. The number of nitrogens with zero attached hydrogens (tertiary/aromatic N) is 3. The van der Waals surface area contributed by atoms with E-state index in [-0.39, 0.29) is 5.91 Å². The van der Waals surface area contributed by atoms with Crippen LogP contribution in [0.2, 0.25) is 0 Å². The molecule has 0 aliphatic rings. The van der Waals surface area contributed by atoms with Crippen LogP contribution in [0, 0.1) is 13.8 Å². The standard InChI is InChI=1S/C21H19N3O3S/c1-13-17(14(2)27-23-13)12-26-16-10-8-15(9-11-16)20(25)22-21-24(3)18-6-4-5-7-19(18)28-21/h4-11H,12H2,1-3H3. The van der Waals surface area contributed by atoms with Crippen molar-refractivity contribution in [2.75, 3.05) is 0 Å². The molecule has 2 heterocycles. The van der Waals surface area contributed by atoms with Gasteiger partial charge in [-0.05, 0) is 50.2 Å². The van der Waals surface area contributed by atoms with Gasteiger partial charge in [-0.25, -0.2) is 0 Å². The summed E-state index contributed by atoms with van der Waals surface area (Å²) in [5.74, 6) is 1.14. The first-order valence-corrected chi connectivity index (χ1v) is 9.63. The maximum absolute atomic E-state index is 12.6. The number of para-hydroxylation sites is 1. The van der Waals surface area contributed by atoms with Crippen molar-refractivity contribution in [2.24, 2.45) is 12.0 Å². The van der Waals surface area contributed by atoms with Gasteiger partial charge in [-0.3, -0.25) is 4.79 Å². The molecule has 0 N–H and O–H groups in total. The van der Waals surface area contributed by atoms with Crippen molar-refractivity contribution in [3.63, 3.8) is 0 Å². The molecule has 0 aliphatic heterocycles. The highest BCUT2D eigenvalue weighted by Gasteiger charge is 2.10. The van der Waals surface area contributed by atoms with Crippen molar-refractivity contribution in [2.45, 2.75) is 20.5 Å². The average Bonchev–Trinajstić information content (AvgIpc) is 3.20. The van der Waals surface area contributed by atoms with Gasteiger partial charge in [-0.1, -0.05) is 28.6 Å². The molecule has 0 atom stereocenters. The molecule has 7 heteroatoms. The Bertz CT molecular complexity index is 1200. The Kier molecular flexibility index (Phi) is 4.83. The van der Waals surface area contributed by atoms with Crippen molar-refractivity contribution in [3.8, 4) is 5.75 Å². The number of hydrogen-bond donors (Lipinski definition) is 0. The Labute approximate surface area is 165 Å². The SMILES string of the molecule is Cc1noc(C)c1COc1ccc(C(=O)N=c2sc3ccccc3n2C)cc1. The zero-order valence-corrected chi connectivity index (χ0v) is 16.6. The van der Waals surface area contributed by atoms with Crippen molar-refractivity contribution in [1.82, 2.24) is 9.72 Å². The second-order valence-corrected chi connectivity index (χ2v) is 7.45. The van der Waals surface area contributed by atoms with Gasteiger partial charge in [0, 0.05) is 12.6 Å². The Morgan fingerprint density at radius 3 is 2.61 bits per heavy atom. The monoisotopic (exact) mass is 393 g/mol. The van der Waals surface area contributed by atoms with Gasteiger partial charge in [0.1, 0.15) is 18.1 Å². The first-order chi connectivity index (χ1) is 13.5. The summed E-state index contributed by atoms with van der Waals surface area (Å²) in [5.41, 5.74) is 3.33. The number of ether oxygens (including phenoxy) is 1. The summed E-state index contributed by atoms with van der Waals surface area (Å²) in [4.78, 5) is 17.5. The van der Waals surface area contributed by atoms with Crippen molar-refractivity contribution in [1.29, 1.82) is 0 Å². The predicted octanol–water partition coefficient (Wildman–Crippen LogP) is 4.16. The number of carbonyl (C=O) groups is 1. The normalized spacial score (nSPS) is 11.9. The molecule has 28 heavy (non-hydrogen) atoms. The van der Waals surface area contributed by atoms with Crippen LogP contribution in [0.4, 0.5) is 0 Å². The fraction of sp³-hybridized carbons (Fsp3) is 0.190. The van der Waals surface area contributed by atoms with E-state index >= 15 is 0 Å². The number of hydrogen-bond acceptors (Lipinski definition) is 5. The summed E-state index contributed by atoms with van der Waals surface area (Å²) in [5, 5.41) is 3.92. The molecule has 0 saturated carbocycles. The summed E-state index contributed by atoms with van der Waals surface area (Å²) in [7, 11) is 1.91. The highest BCUT2D eigenvalue weighted by atomic mass is 32.1. The van der Waals surface area contributed by atoms with Crippen LogP contribution >= 0.6 is 11.3 Å². The fourth-order valence-electron chi connectivity index (χ4n) is 2.90. The predicted molar refractivity (Wildman–Crippen MR) is 107 cm³/mol. The fourth-order valence-corrected chi connectivity index (χ4v) is 3.91. The van der Waals surface area contributed by atoms with E-state index in [1.807, 2.05) is 49.7 Å². The molecule has 0 spiro atoms. The third-order valence-electron chi connectivity index (χ3n) is 4.58. The largest absolute Gasteiger partial charge is 0.489 e. The number of amides is 1. The molecule has 0 saturated heterocycles. The molecule has 142 valence electrons. The summed E-state index contributed by atoms with van der Waals surface area (Å²) in [6, 6.07) is 15.0. The molecule has 0 fully saturated rings. The Balaban J connectivity index is 1.51. The number of fused-ring (bicyclic) bond motifs is 1. The minimum absolute atomic E-state index is 0.278. The number of benzene rings is 2. The van der Waals surface area contributed by atoms with Crippen molar-refractivity contribution < 1.29 is 14.1 Å². The van der Waals surface area contributed by atoms with Gasteiger partial charge in [0.25, 0.3) is 5.91 Å². The van der Waals surface area contributed by atoms with Gasteiger partial charge < -0.3 is 13.8 Å². The van der Waals surface area contributed by atoms with Crippen LogP contribution in [0.1, 0.15) is 27.4 Å². The van der Waals surface area contributed by atoms with E-state index in [9.17, 15) is 4.79 Å². The topological polar surface area (TPSA) is 69.6 Å². The smallest absolute Gasteiger partial charge is 0.279 e. The average molecular weight is 393 g/mol. The molecule has 0 bridgehead atoms. The Hall–Kier alpha value is -3.19. The number of rotatable bonds is 4. The van der Waals surface area contributed by atoms with Gasteiger partial charge in [-0.15, -0.1) is 0 Å².